The molecule has 0 unspecified atom stereocenters. The van der Waals surface area contributed by atoms with Crippen LogP contribution in [0.5, 0.6) is 0 Å². The van der Waals surface area contributed by atoms with Crippen molar-refractivity contribution in [1.82, 2.24) is 39.7 Å². The number of aryl methyl sites for hydroxylation is 1. The predicted molar refractivity (Wildman–Crippen MR) is 160 cm³/mol. The lowest BCUT2D eigenvalue weighted by Gasteiger charge is -2.36. The summed E-state index contributed by atoms with van der Waals surface area (Å²) in [6.07, 6.45) is 11.5. The van der Waals surface area contributed by atoms with Crippen molar-refractivity contribution >= 4 is 16.7 Å². The largest absolute Gasteiger partial charge is 0.338 e. The van der Waals surface area contributed by atoms with E-state index in [0.29, 0.717) is 12.6 Å². The molecule has 6 heterocycles. The van der Waals surface area contributed by atoms with Crippen molar-refractivity contribution in [3.05, 3.63) is 54.1 Å². The van der Waals surface area contributed by atoms with Crippen LogP contribution < -0.4 is 5.32 Å². The van der Waals surface area contributed by atoms with E-state index in [1.165, 1.54) is 30.6 Å². The van der Waals surface area contributed by atoms with Gasteiger partial charge in [-0.3, -0.25) is 19.1 Å². The fourth-order valence-electron chi connectivity index (χ4n) is 7.10. The van der Waals surface area contributed by atoms with E-state index in [9.17, 15) is 4.79 Å². The first-order valence-corrected chi connectivity index (χ1v) is 15.2. The highest BCUT2D eigenvalue weighted by Crippen LogP contribution is 2.38. The Morgan fingerprint density at radius 1 is 1.07 bits per heavy atom. The van der Waals surface area contributed by atoms with E-state index in [2.05, 4.69) is 44.3 Å². The van der Waals surface area contributed by atoms with Gasteiger partial charge in [-0.1, -0.05) is 18.2 Å². The number of piperidine rings is 2. The van der Waals surface area contributed by atoms with E-state index >= 15 is 0 Å². The molecule has 1 N–H and O–H groups in total. The van der Waals surface area contributed by atoms with Crippen molar-refractivity contribution in [2.24, 2.45) is 13.0 Å². The third-order valence-electron chi connectivity index (χ3n) is 9.43. The minimum Gasteiger partial charge on any atom is -0.338 e. The van der Waals surface area contributed by atoms with Crippen molar-refractivity contribution in [2.45, 2.75) is 51.6 Å². The van der Waals surface area contributed by atoms with Crippen LogP contribution in [-0.2, 0) is 24.8 Å². The Kier molecular flexibility index (Phi) is 7.08. The van der Waals surface area contributed by atoms with Crippen molar-refractivity contribution in [2.75, 3.05) is 39.3 Å². The lowest BCUT2D eigenvalue weighted by Crippen LogP contribution is -2.41. The topological polar surface area (TPSA) is 84.1 Å². The number of nitrogens with zero attached hydrogens (tertiary/aromatic N) is 7. The lowest BCUT2D eigenvalue weighted by atomic mass is 9.95. The molecule has 2 fully saturated rings. The smallest absolute Gasteiger partial charge is 0.219 e. The number of pyridine rings is 1. The molecule has 9 nitrogen and oxygen atoms in total. The van der Waals surface area contributed by atoms with Crippen LogP contribution >= 0.6 is 0 Å². The summed E-state index contributed by atoms with van der Waals surface area (Å²) in [7, 11) is 1.92. The quantitative estimate of drug-likeness (QED) is 0.402. The highest BCUT2D eigenvalue weighted by atomic mass is 16.2. The van der Waals surface area contributed by atoms with Crippen LogP contribution in [0.4, 0.5) is 0 Å². The average Bonchev–Trinajstić information content (AvgIpc) is 3.61. The number of fused-ring (bicyclic) bond motifs is 2. The number of nitrogens with one attached hydrogen (secondary N) is 1. The molecule has 0 atom stereocenters. The van der Waals surface area contributed by atoms with Gasteiger partial charge in [0.2, 0.25) is 5.91 Å². The Bertz CT molecular complexity index is 1560. The molecule has 0 saturated carbocycles. The van der Waals surface area contributed by atoms with E-state index in [-0.39, 0.29) is 5.91 Å². The Morgan fingerprint density at radius 3 is 2.66 bits per heavy atom. The second-order valence-electron chi connectivity index (χ2n) is 12.1. The number of benzene rings is 1. The van der Waals surface area contributed by atoms with E-state index < -0.39 is 0 Å². The number of likely N-dealkylation sites (tertiary alicyclic amines) is 1. The zero-order valence-corrected chi connectivity index (χ0v) is 24.2. The predicted octanol–water partition coefficient (Wildman–Crippen LogP) is 4.04. The van der Waals surface area contributed by atoms with Crippen LogP contribution in [0, 0.1) is 5.92 Å². The number of carbonyl (C=O) groups excluding carboxylic acids is 1. The van der Waals surface area contributed by atoms with Crippen molar-refractivity contribution in [1.29, 1.82) is 0 Å². The standard InChI is InChI=1S/C32H40N8O/c1-22(41)39-15-10-31-29(21-39)32(36-40(31)26-8-13-38(14-9-26)19-23-6-11-33-12-7-23)27-5-3-4-24-16-30(34-18-28(24)27)25-17-35-37(2)20-25/h3-5,16-18,20,23,26,33H,6-15,19,21H2,1-2H3. The van der Waals surface area contributed by atoms with Gasteiger partial charge in [-0.2, -0.15) is 10.2 Å². The maximum atomic E-state index is 12.4. The van der Waals surface area contributed by atoms with Crippen molar-refractivity contribution in [3.63, 3.8) is 0 Å². The minimum atomic E-state index is 0.126. The molecule has 0 bridgehead atoms. The van der Waals surface area contributed by atoms with Crippen molar-refractivity contribution in [3.8, 4) is 22.5 Å². The van der Waals surface area contributed by atoms with E-state index in [0.717, 1.165) is 91.2 Å². The van der Waals surface area contributed by atoms with Crippen LogP contribution in [0.25, 0.3) is 33.3 Å². The van der Waals surface area contributed by atoms with Crippen LogP contribution in [-0.4, -0.2) is 79.5 Å². The number of hydrogen-bond donors (Lipinski definition) is 1. The summed E-state index contributed by atoms with van der Waals surface area (Å²) in [5, 5.41) is 15.4. The fraction of sp³-hybridized carbons (Fsp3) is 0.500. The normalized spacial score (nSPS) is 19.1. The molecule has 4 aromatic rings. The molecule has 2 saturated heterocycles. The molecule has 7 rings (SSSR count). The van der Waals surface area contributed by atoms with Gasteiger partial charge in [0.05, 0.1) is 23.6 Å². The summed E-state index contributed by atoms with van der Waals surface area (Å²) >= 11 is 0. The van der Waals surface area contributed by atoms with Gasteiger partial charge in [0, 0.05) is 93.3 Å². The Morgan fingerprint density at radius 2 is 1.90 bits per heavy atom. The molecule has 0 spiro atoms. The lowest BCUT2D eigenvalue weighted by molar-refractivity contribution is -0.129. The van der Waals surface area contributed by atoms with Crippen LogP contribution in [0.1, 0.15) is 49.9 Å². The third-order valence-corrected chi connectivity index (χ3v) is 9.43. The molecule has 0 aliphatic carbocycles. The fourth-order valence-corrected chi connectivity index (χ4v) is 7.10. The van der Waals surface area contributed by atoms with Gasteiger partial charge >= 0.3 is 0 Å². The Hall–Kier alpha value is -3.56. The summed E-state index contributed by atoms with van der Waals surface area (Å²) in [4.78, 5) is 21.9. The Balaban J connectivity index is 1.21. The number of rotatable bonds is 5. The zero-order chi connectivity index (χ0) is 27.9. The van der Waals surface area contributed by atoms with E-state index in [1.807, 2.05) is 30.5 Å². The van der Waals surface area contributed by atoms with Crippen LogP contribution in [0.15, 0.2) is 42.9 Å². The van der Waals surface area contributed by atoms with Gasteiger partial charge < -0.3 is 15.1 Å². The number of amides is 1. The molecule has 1 amide bonds. The minimum absolute atomic E-state index is 0.126. The monoisotopic (exact) mass is 552 g/mol. The second kappa shape index (κ2) is 11.0. The first-order valence-electron chi connectivity index (χ1n) is 15.2. The molecule has 3 aliphatic rings. The molecule has 0 radical (unpaired) electrons. The number of hydrogen-bond acceptors (Lipinski definition) is 6. The molecule has 214 valence electrons. The van der Waals surface area contributed by atoms with Gasteiger partial charge in [0.25, 0.3) is 0 Å². The molecule has 3 aliphatic heterocycles. The van der Waals surface area contributed by atoms with Gasteiger partial charge in [-0.05, 0) is 56.1 Å². The molecule has 3 aromatic heterocycles. The first kappa shape index (κ1) is 26.3. The zero-order valence-electron chi connectivity index (χ0n) is 24.2. The van der Waals surface area contributed by atoms with E-state index in [4.69, 9.17) is 10.1 Å². The first-order chi connectivity index (χ1) is 20.0. The highest BCUT2D eigenvalue weighted by molar-refractivity contribution is 5.97. The maximum absolute atomic E-state index is 12.4. The summed E-state index contributed by atoms with van der Waals surface area (Å²) in [5.74, 6) is 0.953. The molecular formula is C32H40N8O. The summed E-state index contributed by atoms with van der Waals surface area (Å²) in [6.45, 7) is 8.87. The van der Waals surface area contributed by atoms with Gasteiger partial charge in [0.15, 0.2) is 0 Å². The van der Waals surface area contributed by atoms with Crippen molar-refractivity contribution < 1.29 is 4.79 Å². The Labute approximate surface area is 241 Å². The summed E-state index contributed by atoms with van der Waals surface area (Å²) < 4.78 is 4.15. The van der Waals surface area contributed by atoms with Crippen LogP contribution in [0.2, 0.25) is 0 Å². The second-order valence-corrected chi connectivity index (χ2v) is 12.1. The summed E-state index contributed by atoms with van der Waals surface area (Å²) in [5.41, 5.74) is 6.53. The molecule has 9 heteroatoms. The number of carbonyl (C=O) groups is 1. The van der Waals surface area contributed by atoms with E-state index in [1.54, 1.807) is 11.6 Å². The molecule has 41 heavy (non-hydrogen) atoms. The SMILES string of the molecule is CC(=O)N1CCc2c(c(-c3cccc4cc(-c5cnn(C)c5)ncc34)nn2C2CCN(CC3CCNCC3)CC2)C1. The van der Waals surface area contributed by atoms with Gasteiger partial charge in [-0.15, -0.1) is 0 Å². The van der Waals surface area contributed by atoms with Gasteiger partial charge in [0.1, 0.15) is 0 Å². The van der Waals surface area contributed by atoms with Crippen LogP contribution in [0.3, 0.4) is 0 Å². The average molecular weight is 553 g/mol. The summed E-state index contributed by atoms with van der Waals surface area (Å²) in [6, 6.07) is 8.95. The maximum Gasteiger partial charge on any atom is 0.219 e. The molecular weight excluding hydrogens is 512 g/mol. The molecule has 1 aromatic carbocycles. The number of aromatic nitrogens is 5. The third kappa shape index (κ3) is 5.17. The van der Waals surface area contributed by atoms with Gasteiger partial charge in [-0.25, -0.2) is 0 Å². The highest BCUT2D eigenvalue weighted by Gasteiger charge is 2.32.